The van der Waals surface area contributed by atoms with Gasteiger partial charge in [-0.15, -0.1) is 0 Å². The molecule has 5 unspecified atom stereocenters. The van der Waals surface area contributed by atoms with Gasteiger partial charge in [-0.05, 0) is 18.8 Å². The molecule has 5 atom stereocenters. The van der Waals surface area contributed by atoms with Crippen molar-refractivity contribution in [2.75, 3.05) is 12.3 Å². The second-order valence-electron chi connectivity index (χ2n) is 8.03. The van der Waals surface area contributed by atoms with E-state index in [2.05, 4.69) is 33.2 Å². The summed E-state index contributed by atoms with van der Waals surface area (Å²) >= 11 is 4.19. The van der Waals surface area contributed by atoms with Gasteiger partial charge in [0.25, 0.3) is 0 Å². The van der Waals surface area contributed by atoms with Gasteiger partial charge in [0, 0.05) is 30.6 Å². The Hall–Kier alpha value is -2.60. The van der Waals surface area contributed by atoms with E-state index in [1.807, 2.05) is 6.92 Å². The quantitative estimate of drug-likeness (QED) is 0.233. The number of amides is 3. The van der Waals surface area contributed by atoms with Crippen LogP contribution in [0.3, 0.4) is 0 Å². The highest BCUT2D eigenvalue weighted by Crippen LogP contribution is 2.20. The second-order valence-corrected chi connectivity index (χ2v) is 8.40. The first kappa shape index (κ1) is 25.7. The third-order valence-electron chi connectivity index (χ3n) is 5.74. The maximum absolute atomic E-state index is 13.1. The van der Waals surface area contributed by atoms with E-state index >= 15 is 0 Å². The van der Waals surface area contributed by atoms with Crippen LogP contribution >= 0.6 is 12.6 Å². The predicted molar refractivity (Wildman–Crippen MR) is 120 cm³/mol. The minimum absolute atomic E-state index is 0.0246. The molecule has 1 saturated heterocycles. The number of nitrogens with one attached hydrogen (secondary N) is 3. The number of carbonyl (C=O) groups is 4. The van der Waals surface area contributed by atoms with Crippen LogP contribution in [0.4, 0.5) is 0 Å². The average Bonchev–Trinajstić information content (AvgIpc) is 3.46. The molecule has 32 heavy (non-hydrogen) atoms. The van der Waals surface area contributed by atoms with Gasteiger partial charge in [0.15, 0.2) is 0 Å². The number of likely N-dealkylation sites (tertiary alicyclic amines) is 1. The lowest BCUT2D eigenvalue weighted by Crippen LogP contribution is -2.58. The van der Waals surface area contributed by atoms with Crippen molar-refractivity contribution in [2.24, 2.45) is 11.7 Å². The minimum atomic E-state index is -1.12. The van der Waals surface area contributed by atoms with Gasteiger partial charge in [-0.2, -0.15) is 12.6 Å². The zero-order valence-corrected chi connectivity index (χ0v) is 19.2. The van der Waals surface area contributed by atoms with Crippen LogP contribution in [0.2, 0.25) is 0 Å². The smallest absolute Gasteiger partial charge is 0.326 e. The molecule has 1 aliphatic rings. The van der Waals surface area contributed by atoms with E-state index in [0.717, 1.165) is 0 Å². The van der Waals surface area contributed by atoms with Crippen molar-refractivity contribution in [3.05, 3.63) is 18.2 Å². The molecule has 0 aliphatic carbocycles. The number of hydrogen-bond donors (Lipinski definition) is 6. The van der Waals surface area contributed by atoms with Crippen molar-refractivity contribution < 1.29 is 24.3 Å². The van der Waals surface area contributed by atoms with E-state index in [9.17, 15) is 24.3 Å². The first-order valence-electron chi connectivity index (χ1n) is 10.7. The van der Waals surface area contributed by atoms with Crippen molar-refractivity contribution in [1.29, 1.82) is 0 Å². The zero-order valence-electron chi connectivity index (χ0n) is 18.3. The van der Waals surface area contributed by atoms with E-state index < -0.39 is 47.9 Å². The number of aromatic nitrogens is 2. The van der Waals surface area contributed by atoms with E-state index in [-0.39, 0.29) is 18.1 Å². The Bertz CT molecular complexity index is 804. The van der Waals surface area contributed by atoms with Crippen molar-refractivity contribution >= 4 is 36.3 Å². The molecule has 6 N–H and O–H groups in total. The summed E-state index contributed by atoms with van der Waals surface area (Å²) in [4.78, 5) is 58.0. The first-order valence-corrected chi connectivity index (χ1v) is 11.3. The Morgan fingerprint density at radius 2 is 2.09 bits per heavy atom. The fourth-order valence-electron chi connectivity index (χ4n) is 3.63. The zero-order chi connectivity index (χ0) is 23.8. The molecule has 1 fully saturated rings. The Labute approximate surface area is 192 Å². The van der Waals surface area contributed by atoms with Crippen LogP contribution in [0.15, 0.2) is 12.5 Å². The Morgan fingerprint density at radius 3 is 2.66 bits per heavy atom. The van der Waals surface area contributed by atoms with Crippen LogP contribution in [0, 0.1) is 5.92 Å². The van der Waals surface area contributed by atoms with Crippen molar-refractivity contribution in [1.82, 2.24) is 25.5 Å². The van der Waals surface area contributed by atoms with E-state index in [0.29, 0.717) is 31.5 Å². The summed E-state index contributed by atoms with van der Waals surface area (Å²) in [5, 5.41) is 14.6. The normalized spacial score (nSPS) is 19.6. The van der Waals surface area contributed by atoms with Gasteiger partial charge in [0.2, 0.25) is 17.7 Å². The Balaban J connectivity index is 2.02. The molecular formula is C20H32N6O5S. The molecule has 0 radical (unpaired) electrons. The SMILES string of the molecule is CCC(C)C(NC(=O)C1CCCN1C(=O)C(CS)NC(=O)C(N)Cc1cnc[nH]1)C(=O)O. The van der Waals surface area contributed by atoms with Gasteiger partial charge in [-0.25, -0.2) is 9.78 Å². The summed E-state index contributed by atoms with van der Waals surface area (Å²) in [5.41, 5.74) is 6.62. The lowest BCUT2D eigenvalue weighted by molar-refractivity contribution is -0.145. The molecule has 12 heteroatoms. The van der Waals surface area contributed by atoms with Gasteiger partial charge < -0.3 is 31.4 Å². The highest BCUT2D eigenvalue weighted by Gasteiger charge is 2.39. The van der Waals surface area contributed by atoms with Gasteiger partial charge in [-0.3, -0.25) is 14.4 Å². The number of carboxylic acids is 1. The highest BCUT2D eigenvalue weighted by atomic mass is 32.1. The molecule has 3 amide bonds. The van der Waals surface area contributed by atoms with Gasteiger partial charge >= 0.3 is 5.97 Å². The summed E-state index contributed by atoms with van der Waals surface area (Å²) in [7, 11) is 0. The number of carbonyl (C=O) groups excluding carboxylic acids is 3. The largest absolute Gasteiger partial charge is 0.480 e. The predicted octanol–water partition coefficient (Wildman–Crippen LogP) is -0.699. The number of aromatic amines is 1. The number of nitrogens with zero attached hydrogens (tertiary/aromatic N) is 2. The van der Waals surface area contributed by atoms with Crippen LogP contribution in [-0.4, -0.2) is 80.1 Å². The van der Waals surface area contributed by atoms with Crippen LogP contribution in [-0.2, 0) is 25.6 Å². The first-order chi connectivity index (χ1) is 15.2. The van der Waals surface area contributed by atoms with Crippen LogP contribution < -0.4 is 16.4 Å². The van der Waals surface area contributed by atoms with E-state index in [1.165, 1.54) is 11.2 Å². The number of H-pyrrole nitrogens is 1. The fraction of sp³-hybridized carbons (Fsp3) is 0.650. The molecule has 178 valence electrons. The monoisotopic (exact) mass is 468 g/mol. The third-order valence-corrected chi connectivity index (χ3v) is 6.11. The van der Waals surface area contributed by atoms with Crippen molar-refractivity contribution in [2.45, 2.75) is 63.7 Å². The summed E-state index contributed by atoms with van der Waals surface area (Å²) < 4.78 is 0. The molecule has 1 aromatic rings. The molecular weight excluding hydrogens is 436 g/mol. The number of rotatable bonds is 11. The summed E-state index contributed by atoms with van der Waals surface area (Å²) in [6.45, 7) is 3.92. The molecule has 11 nitrogen and oxygen atoms in total. The molecule has 1 aliphatic heterocycles. The molecule has 2 rings (SSSR count). The van der Waals surface area contributed by atoms with Gasteiger partial charge in [0.1, 0.15) is 18.1 Å². The number of nitrogens with two attached hydrogens (primary N) is 1. The van der Waals surface area contributed by atoms with Gasteiger partial charge in [-0.1, -0.05) is 20.3 Å². The lowest BCUT2D eigenvalue weighted by Gasteiger charge is -2.30. The Morgan fingerprint density at radius 1 is 1.38 bits per heavy atom. The summed E-state index contributed by atoms with van der Waals surface area (Å²) in [6, 6.07) is -3.69. The minimum Gasteiger partial charge on any atom is -0.480 e. The Kier molecular flexibility index (Phi) is 9.51. The number of carboxylic acid groups (broad SMARTS) is 1. The van der Waals surface area contributed by atoms with Gasteiger partial charge in [0.05, 0.1) is 12.4 Å². The molecule has 0 bridgehead atoms. The molecule has 0 spiro atoms. The molecule has 0 aromatic carbocycles. The number of aliphatic carboxylic acids is 1. The van der Waals surface area contributed by atoms with Crippen LogP contribution in [0.5, 0.6) is 0 Å². The topological polar surface area (TPSA) is 171 Å². The summed E-state index contributed by atoms with van der Waals surface area (Å²) in [6.07, 6.45) is 4.85. The van der Waals surface area contributed by atoms with Crippen molar-refractivity contribution in [3.8, 4) is 0 Å². The third kappa shape index (κ3) is 6.45. The van der Waals surface area contributed by atoms with Crippen LogP contribution in [0.1, 0.15) is 38.8 Å². The fourth-order valence-corrected chi connectivity index (χ4v) is 3.87. The highest BCUT2D eigenvalue weighted by molar-refractivity contribution is 7.80. The second kappa shape index (κ2) is 11.9. The average molecular weight is 469 g/mol. The summed E-state index contributed by atoms with van der Waals surface area (Å²) in [5.74, 6) is -2.83. The van der Waals surface area contributed by atoms with E-state index in [4.69, 9.17) is 5.73 Å². The number of hydrogen-bond acceptors (Lipinski definition) is 7. The number of imidazole rings is 1. The van der Waals surface area contributed by atoms with E-state index in [1.54, 1.807) is 13.1 Å². The lowest BCUT2D eigenvalue weighted by atomic mass is 9.98. The number of thiol groups is 1. The maximum Gasteiger partial charge on any atom is 0.326 e. The maximum atomic E-state index is 13.1. The molecule has 2 heterocycles. The van der Waals surface area contributed by atoms with Crippen LogP contribution in [0.25, 0.3) is 0 Å². The van der Waals surface area contributed by atoms with Crippen molar-refractivity contribution in [3.63, 3.8) is 0 Å². The molecule has 0 saturated carbocycles. The standard InChI is InChI=1S/C20H32N6O5S/c1-3-11(2)16(20(30)31)25-18(28)15-5-4-6-26(15)19(29)14(9-32)24-17(27)13(21)7-12-8-22-10-23-12/h8,10-11,13-16,32H,3-7,9,21H2,1-2H3,(H,22,23)(H,24,27)(H,25,28)(H,30,31). The molecule has 1 aromatic heterocycles.